The fourth-order valence-corrected chi connectivity index (χ4v) is 2.28. The first-order chi connectivity index (χ1) is 11.5. The lowest BCUT2D eigenvalue weighted by Gasteiger charge is -2.27. The van der Waals surface area contributed by atoms with Gasteiger partial charge in [-0.2, -0.15) is 13.2 Å². The van der Waals surface area contributed by atoms with Gasteiger partial charge in [0.15, 0.2) is 5.76 Å². The molecule has 1 unspecified atom stereocenters. The highest BCUT2D eigenvalue weighted by Crippen LogP contribution is 2.36. The lowest BCUT2D eigenvalue weighted by atomic mass is 10.2. The Balaban J connectivity index is 2.27. The highest BCUT2D eigenvalue weighted by atomic mass is 35.6. The van der Waals surface area contributed by atoms with Crippen molar-refractivity contribution < 1.29 is 22.4 Å². The van der Waals surface area contributed by atoms with Gasteiger partial charge < -0.3 is 15.1 Å². The number of carbonyl (C=O) groups excluding carboxylic acids is 1. The van der Waals surface area contributed by atoms with Gasteiger partial charge in [0.2, 0.25) is 3.79 Å². The van der Waals surface area contributed by atoms with E-state index in [1.165, 1.54) is 18.4 Å². The third-order valence-corrected chi connectivity index (χ3v) is 3.93. The third-order valence-electron chi connectivity index (χ3n) is 2.94. The van der Waals surface area contributed by atoms with Crippen molar-refractivity contribution >= 4 is 58.0 Å². The zero-order chi connectivity index (χ0) is 18.8. The van der Waals surface area contributed by atoms with E-state index in [4.69, 9.17) is 50.8 Å². The molecule has 1 aromatic carbocycles. The Bertz CT molecular complexity index is 746. The Labute approximate surface area is 160 Å². The van der Waals surface area contributed by atoms with Crippen molar-refractivity contribution in [3.05, 3.63) is 52.9 Å². The fourth-order valence-electron chi connectivity index (χ4n) is 1.78. The largest absolute Gasteiger partial charge is 0.459 e. The van der Waals surface area contributed by atoms with Crippen LogP contribution in [0.4, 0.5) is 18.9 Å². The maximum absolute atomic E-state index is 12.8. The van der Waals surface area contributed by atoms with Crippen molar-refractivity contribution in [2.24, 2.45) is 0 Å². The number of rotatable bonds is 4. The quantitative estimate of drug-likeness (QED) is 0.493. The van der Waals surface area contributed by atoms with E-state index in [2.05, 4.69) is 10.6 Å². The Morgan fingerprint density at radius 3 is 2.36 bits per heavy atom. The molecule has 0 saturated heterocycles. The Morgan fingerprint density at radius 2 is 1.84 bits per heavy atom. The molecule has 0 spiro atoms. The summed E-state index contributed by atoms with van der Waals surface area (Å²) in [5, 5.41) is 4.75. The van der Waals surface area contributed by atoms with E-state index in [1.807, 2.05) is 0 Å². The number of alkyl halides is 6. The van der Waals surface area contributed by atoms with Gasteiger partial charge >= 0.3 is 6.18 Å². The molecule has 0 bridgehead atoms. The number of hydrogen-bond acceptors (Lipinski definition) is 3. The summed E-state index contributed by atoms with van der Waals surface area (Å²) in [6, 6.07) is 5.42. The van der Waals surface area contributed by atoms with Crippen LogP contribution in [0.1, 0.15) is 16.1 Å². The summed E-state index contributed by atoms with van der Waals surface area (Å²) < 4.78 is 41.3. The molecule has 4 nitrogen and oxygen atoms in total. The number of benzene rings is 1. The van der Waals surface area contributed by atoms with Gasteiger partial charge in [0, 0.05) is 0 Å². The van der Waals surface area contributed by atoms with Crippen molar-refractivity contribution in [1.29, 1.82) is 0 Å². The number of anilines is 1. The van der Waals surface area contributed by atoms with Crippen LogP contribution in [-0.4, -0.2) is 15.9 Å². The van der Waals surface area contributed by atoms with Gasteiger partial charge in [0.1, 0.15) is 6.17 Å². The van der Waals surface area contributed by atoms with E-state index in [0.29, 0.717) is 0 Å². The molecule has 0 aliphatic rings. The molecule has 0 aliphatic heterocycles. The highest BCUT2D eigenvalue weighted by Gasteiger charge is 2.36. The minimum Gasteiger partial charge on any atom is -0.459 e. The highest BCUT2D eigenvalue weighted by molar-refractivity contribution is 6.68. The summed E-state index contributed by atoms with van der Waals surface area (Å²) in [6.07, 6.45) is -4.72. The normalized spacial score (nSPS) is 13.4. The maximum Gasteiger partial charge on any atom is 0.416 e. The first-order valence-electron chi connectivity index (χ1n) is 6.53. The summed E-state index contributed by atoms with van der Waals surface area (Å²) in [5.41, 5.74) is -1.13. The van der Waals surface area contributed by atoms with Gasteiger partial charge in [-0.25, -0.2) is 0 Å². The second-order valence-corrected chi connectivity index (χ2v) is 7.54. The molecule has 1 aromatic heterocycles. The summed E-state index contributed by atoms with van der Waals surface area (Å²) in [4.78, 5) is 12.0. The summed E-state index contributed by atoms with van der Waals surface area (Å²) in [5.74, 6) is -0.812. The van der Waals surface area contributed by atoms with Crippen molar-refractivity contribution in [2.75, 3.05) is 5.32 Å². The Kier molecular flexibility index (Phi) is 6.04. The lowest BCUT2D eigenvalue weighted by Crippen LogP contribution is -2.49. The van der Waals surface area contributed by atoms with Crippen LogP contribution in [0.2, 0.25) is 5.02 Å². The van der Waals surface area contributed by atoms with E-state index >= 15 is 0 Å². The average Bonchev–Trinajstić information content (AvgIpc) is 3.00. The molecule has 25 heavy (non-hydrogen) atoms. The van der Waals surface area contributed by atoms with E-state index in [1.54, 1.807) is 0 Å². The van der Waals surface area contributed by atoms with E-state index in [9.17, 15) is 18.0 Å². The molecule has 0 saturated carbocycles. The van der Waals surface area contributed by atoms with Gasteiger partial charge in [-0.1, -0.05) is 46.4 Å². The van der Waals surface area contributed by atoms with E-state index in [-0.39, 0.29) is 16.5 Å². The van der Waals surface area contributed by atoms with Crippen LogP contribution < -0.4 is 10.6 Å². The van der Waals surface area contributed by atoms with E-state index < -0.39 is 27.6 Å². The van der Waals surface area contributed by atoms with Crippen molar-refractivity contribution in [3.63, 3.8) is 0 Å². The molecule has 1 atom stereocenters. The second kappa shape index (κ2) is 7.53. The number of amides is 1. The number of nitrogens with one attached hydrogen (secondary N) is 2. The SMILES string of the molecule is O=C(NC(Nc1cc(C(F)(F)F)ccc1Cl)C(Cl)(Cl)Cl)c1ccco1. The molecular weight excluding hydrogens is 427 g/mol. The molecule has 11 heteroatoms. The third kappa shape index (κ3) is 5.34. The standard InChI is InChI=1S/C14H9Cl4F3N2O2/c15-8-4-3-7(14(19,20)21)6-9(8)22-12(13(16,17)18)23-11(24)10-2-1-5-25-10/h1-6,12,22H,(H,23,24). The first-order valence-corrected chi connectivity index (χ1v) is 8.04. The maximum atomic E-state index is 12.8. The number of carbonyl (C=O) groups is 1. The van der Waals surface area contributed by atoms with Gasteiger partial charge in [0.25, 0.3) is 5.91 Å². The molecule has 1 heterocycles. The van der Waals surface area contributed by atoms with Gasteiger partial charge in [-0.3, -0.25) is 4.79 Å². The minimum absolute atomic E-state index is 0.0560. The molecule has 0 aliphatic carbocycles. The summed E-state index contributed by atoms with van der Waals surface area (Å²) in [7, 11) is 0. The molecular formula is C14H9Cl4F3N2O2. The Morgan fingerprint density at radius 1 is 1.16 bits per heavy atom. The smallest absolute Gasteiger partial charge is 0.416 e. The molecule has 2 rings (SSSR count). The molecule has 136 valence electrons. The van der Waals surface area contributed by atoms with Crippen LogP contribution in [0.15, 0.2) is 41.0 Å². The van der Waals surface area contributed by atoms with Crippen molar-refractivity contribution in [3.8, 4) is 0 Å². The van der Waals surface area contributed by atoms with Crippen molar-refractivity contribution in [1.82, 2.24) is 5.32 Å². The van der Waals surface area contributed by atoms with Crippen LogP contribution in [0.25, 0.3) is 0 Å². The predicted octanol–water partition coefficient (Wildman–Crippen LogP) is 5.49. The second-order valence-electron chi connectivity index (χ2n) is 4.76. The van der Waals surface area contributed by atoms with Crippen LogP contribution in [0, 0.1) is 0 Å². The molecule has 0 fully saturated rings. The van der Waals surface area contributed by atoms with Gasteiger partial charge in [0.05, 0.1) is 22.5 Å². The molecule has 1 amide bonds. The minimum atomic E-state index is -4.59. The molecule has 2 aromatic rings. The van der Waals surface area contributed by atoms with Crippen molar-refractivity contribution in [2.45, 2.75) is 16.1 Å². The zero-order valence-electron chi connectivity index (χ0n) is 12.0. The molecule has 0 radical (unpaired) electrons. The van der Waals surface area contributed by atoms with Gasteiger partial charge in [-0.15, -0.1) is 0 Å². The topological polar surface area (TPSA) is 54.3 Å². The monoisotopic (exact) mass is 434 g/mol. The predicted molar refractivity (Wildman–Crippen MR) is 90.3 cm³/mol. The fraction of sp³-hybridized carbons (Fsp3) is 0.214. The summed E-state index contributed by atoms with van der Waals surface area (Å²) >= 11 is 23.3. The van der Waals surface area contributed by atoms with Crippen LogP contribution in [-0.2, 0) is 6.18 Å². The number of hydrogen-bond donors (Lipinski definition) is 2. The van der Waals surface area contributed by atoms with Crippen LogP contribution >= 0.6 is 46.4 Å². The van der Waals surface area contributed by atoms with Gasteiger partial charge in [-0.05, 0) is 30.3 Å². The summed E-state index contributed by atoms with van der Waals surface area (Å²) in [6.45, 7) is 0. The van der Waals surface area contributed by atoms with Crippen LogP contribution in [0.3, 0.4) is 0 Å². The number of halogens is 7. The lowest BCUT2D eigenvalue weighted by molar-refractivity contribution is -0.137. The first kappa shape index (κ1) is 20.0. The van der Waals surface area contributed by atoms with Crippen LogP contribution in [0.5, 0.6) is 0 Å². The molecule has 2 N–H and O–H groups in total. The Hall–Kier alpha value is -1.28. The zero-order valence-corrected chi connectivity index (χ0v) is 15.0. The van der Waals surface area contributed by atoms with E-state index in [0.717, 1.165) is 18.2 Å². The number of furan rings is 1. The average molecular weight is 436 g/mol.